The van der Waals surface area contributed by atoms with Crippen molar-refractivity contribution in [2.75, 3.05) is 75.1 Å². The summed E-state index contributed by atoms with van der Waals surface area (Å²) in [6, 6.07) is 1.78. The largest absolute Gasteiger partial charge is 0.378 e. The van der Waals surface area contributed by atoms with Crippen LogP contribution in [-0.2, 0) is 14.3 Å². The molecule has 154 valence electrons. The van der Waals surface area contributed by atoms with Crippen molar-refractivity contribution in [2.45, 2.75) is 0 Å². The third kappa shape index (κ3) is 4.87. The van der Waals surface area contributed by atoms with E-state index >= 15 is 0 Å². The van der Waals surface area contributed by atoms with E-state index in [1.165, 1.54) is 0 Å². The molecule has 0 bridgehead atoms. The summed E-state index contributed by atoms with van der Waals surface area (Å²) in [5.74, 6) is 1.35. The maximum atomic E-state index is 12.5. The van der Waals surface area contributed by atoms with Crippen LogP contribution in [0, 0.1) is 0 Å². The van der Waals surface area contributed by atoms with Crippen molar-refractivity contribution in [3.05, 3.63) is 18.5 Å². The molecule has 2 aromatic rings. The molecule has 0 saturated carbocycles. The van der Waals surface area contributed by atoms with Crippen LogP contribution in [0.15, 0.2) is 18.5 Å². The fourth-order valence-electron chi connectivity index (χ4n) is 3.14. The summed E-state index contributed by atoms with van der Waals surface area (Å²) in [5, 5.41) is 3.14. The maximum absolute atomic E-state index is 12.5. The number of morpholine rings is 2. The van der Waals surface area contributed by atoms with Gasteiger partial charge in [-0.15, -0.1) is 0 Å². The Kier molecular flexibility index (Phi) is 5.96. The van der Waals surface area contributed by atoms with Crippen molar-refractivity contribution in [3.63, 3.8) is 0 Å². The minimum absolute atomic E-state index is 0.0113. The molecule has 0 unspecified atom stereocenters. The quantitative estimate of drug-likeness (QED) is 0.685. The Morgan fingerprint density at radius 1 is 1.03 bits per heavy atom. The first-order chi connectivity index (χ1) is 14.2. The zero-order valence-electron chi connectivity index (χ0n) is 16.1. The fourth-order valence-corrected chi connectivity index (χ4v) is 3.14. The van der Waals surface area contributed by atoms with E-state index in [0.29, 0.717) is 70.1 Å². The molecule has 2 aliphatic rings. The van der Waals surface area contributed by atoms with Crippen molar-refractivity contribution in [1.82, 2.24) is 24.8 Å². The van der Waals surface area contributed by atoms with Gasteiger partial charge in [0.2, 0.25) is 17.8 Å². The predicted molar refractivity (Wildman–Crippen MR) is 106 cm³/mol. The molecule has 1 amide bonds. The van der Waals surface area contributed by atoms with Crippen LogP contribution in [0.5, 0.6) is 0 Å². The third-order valence-corrected chi connectivity index (χ3v) is 4.76. The van der Waals surface area contributed by atoms with Gasteiger partial charge in [-0.2, -0.15) is 4.98 Å². The zero-order chi connectivity index (χ0) is 20.1. The van der Waals surface area contributed by atoms with Gasteiger partial charge in [0, 0.05) is 50.2 Å². The number of amides is 1. The summed E-state index contributed by atoms with van der Waals surface area (Å²) in [6.45, 7) is 5.16. The van der Waals surface area contributed by atoms with E-state index < -0.39 is 0 Å². The molecule has 0 atom stereocenters. The first kappa shape index (κ1) is 19.3. The Balaban J connectivity index is 1.55. The number of nitrogen functional groups attached to an aromatic ring is 1. The van der Waals surface area contributed by atoms with E-state index in [1.54, 1.807) is 23.4 Å². The average Bonchev–Trinajstić information content (AvgIpc) is 2.79. The van der Waals surface area contributed by atoms with Crippen molar-refractivity contribution in [1.29, 1.82) is 0 Å². The maximum Gasteiger partial charge on any atom is 0.242 e. The minimum Gasteiger partial charge on any atom is -0.378 e. The predicted octanol–water partition coefficient (Wildman–Crippen LogP) is -0.377. The number of anilines is 3. The van der Waals surface area contributed by atoms with Crippen molar-refractivity contribution >= 4 is 23.6 Å². The van der Waals surface area contributed by atoms with Gasteiger partial charge in [0.1, 0.15) is 5.82 Å². The van der Waals surface area contributed by atoms with Crippen LogP contribution >= 0.6 is 0 Å². The van der Waals surface area contributed by atoms with Crippen LogP contribution in [0.2, 0.25) is 0 Å². The highest BCUT2D eigenvalue weighted by molar-refractivity contribution is 5.81. The second kappa shape index (κ2) is 8.97. The number of carbonyl (C=O) groups is 1. The molecular weight excluding hydrogens is 376 g/mol. The summed E-state index contributed by atoms with van der Waals surface area (Å²) >= 11 is 0. The van der Waals surface area contributed by atoms with Gasteiger partial charge in [0.05, 0.1) is 38.7 Å². The summed E-state index contributed by atoms with van der Waals surface area (Å²) in [6.07, 6.45) is 3.24. The van der Waals surface area contributed by atoms with E-state index in [2.05, 4.69) is 30.2 Å². The Morgan fingerprint density at radius 2 is 1.69 bits per heavy atom. The number of ether oxygens (including phenoxy) is 2. The van der Waals surface area contributed by atoms with Crippen molar-refractivity contribution in [2.24, 2.45) is 0 Å². The fraction of sp³-hybridized carbons (Fsp3) is 0.500. The SMILES string of the molecule is Nc1ncc(-c2cc(NCC(=O)N3CCOCC3)nc(N3CCOCC3)n2)cn1. The third-order valence-electron chi connectivity index (χ3n) is 4.76. The topological polar surface area (TPSA) is 132 Å². The van der Waals surface area contributed by atoms with Crippen LogP contribution in [0.1, 0.15) is 0 Å². The second-order valence-electron chi connectivity index (χ2n) is 6.71. The van der Waals surface area contributed by atoms with Gasteiger partial charge in [-0.05, 0) is 0 Å². The van der Waals surface area contributed by atoms with Gasteiger partial charge in [-0.25, -0.2) is 15.0 Å². The number of nitrogens with two attached hydrogens (primary N) is 1. The van der Waals surface area contributed by atoms with E-state index in [0.717, 1.165) is 5.56 Å². The molecule has 2 saturated heterocycles. The second-order valence-corrected chi connectivity index (χ2v) is 6.71. The molecule has 11 nitrogen and oxygen atoms in total. The van der Waals surface area contributed by atoms with Crippen molar-refractivity contribution in [3.8, 4) is 11.3 Å². The summed E-state index contributed by atoms with van der Waals surface area (Å²) in [7, 11) is 0. The number of hydrogen-bond donors (Lipinski definition) is 2. The summed E-state index contributed by atoms with van der Waals surface area (Å²) in [5.41, 5.74) is 6.97. The number of rotatable bonds is 5. The van der Waals surface area contributed by atoms with Gasteiger partial charge in [0.15, 0.2) is 0 Å². The molecule has 11 heteroatoms. The number of nitrogens with zero attached hydrogens (tertiary/aromatic N) is 6. The normalized spacial score (nSPS) is 17.2. The zero-order valence-corrected chi connectivity index (χ0v) is 16.1. The highest BCUT2D eigenvalue weighted by atomic mass is 16.5. The molecule has 2 aromatic heterocycles. The molecule has 3 N–H and O–H groups in total. The van der Waals surface area contributed by atoms with E-state index in [-0.39, 0.29) is 18.4 Å². The Hall–Kier alpha value is -3.05. The smallest absolute Gasteiger partial charge is 0.242 e. The van der Waals surface area contributed by atoms with Gasteiger partial charge >= 0.3 is 0 Å². The standard InChI is InChI=1S/C18H24N8O3/c19-17-21-10-13(11-22-17)14-9-15(20-12-16(27)25-1-5-28-6-2-25)24-18(23-14)26-3-7-29-8-4-26/h9-11H,1-8,12H2,(H2,19,21,22)(H,20,23,24). The first-order valence-electron chi connectivity index (χ1n) is 9.58. The van der Waals surface area contributed by atoms with E-state index in [9.17, 15) is 4.79 Å². The van der Waals surface area contributed by atoms with Crippen LogP contribution < -0.4 is 16.0 Å². The van der Waals surface area contributed by atoms with Crippen LogP contribution in [0.25, 0.3) is 11.3 Å². The van der Waals surface area contributed by atoms with Crippen molar-refractivity contribution < 1.29 is 14.3 Å². The lowest BCUT2D eigenvalue weighted by atomic mass is 10.2. The summed E-state index contributed by atoms with van der Waals surface area (Å²) < 4.78 is 10.7. The molecule has 2 aliphatic heterocycles. The van der Waals surface area contributed by atoms with Crippen LogP contribution in [-0.4, -0.2) is 89.9 Å². The number of aromatic nitrogens is 4. The molecule has 0 aromatic carbocycles. The van der Waals surface area contributed by atoms with Gasteiger partial charge in [0.25, 0.3) is 0 Å². The molecule has 0 aliphatic carbocycles. The Morgan fingerprint density at radius 3 is 2.38 bits per heavy atom. The molecule has 29 heavy (non-hydrogen) atoms. The Bertz CT molecular complexity index is 835. The lowest BCUT2D eigenvalue weighted by molar-refractivity contribution is -0.133. The minimum atomic E-state index is 0.0113. The van der Waals surface area contributed by atoms with Gasteiger partial charge < -0.3 is 30.3 Å². The number of hydrogen-bond acceptors (Lipinski definition) is 10. The van der Waals surface area contributed by atoms with Crippen LogP contribution in [0.3, 0.4) is 0 Å². The van der Waals surface area contributed by atoms with E-state index in [1.807, 2.05) is 0 Å². The van der Waals surface area contributed by atoms with Gasteiger partial charge in [-0.1, -0.05) is 0 Å². The summed E-state index contributed by atoms with van der Waals surface area (Å²) in [4.78, 5) is 33.6. The average molecular weight is 400 g/mol. The number of carbonyl (C=O) groups excluding carboxylic acids is 1. The highest BCUT2D eigenvalue weighted by Crippen LogP contribution is 2.23. The highest BCUT2D eigenvalue weighted by Gasteiger charge is 2.19. The molecule has 2 fully saturated rings. The lowest BCUT2D eigenvalue weighted by Crippen LogP contribution is -2.43. The molecule has 0 spiro atoms. The Labute approximate surface area is 168 Å². The van der Waals surface area contributed by atoms with Gasteiger partial charge in [-0.3, -0.25) is 4.79 Å². The van der Waals surface area contributed by atoms with E-state index in [4.69, 9.17) is 15.2 Å². The molecule has 4 heterocycles. The monoisotopic (exact) mass is 400 g/mol. The van der Waals surface area contributed by atoms with Crippen LogP contribution in [0.4, 0.5) is 17.7 Å². The molecule has 4 rings (SSSR count). The lowest BCUT2D eigenvalue weighted by Gasteiger charge is -2.28. The number of nitrogens with one attached hydrogen (secondary N) is 1. The molecular formula is C18H24N8O3. The molecule has 0 radical (unpaired) electrons. The first-order valence-corrected chi connectivity index (χ1v) is 9.58.